The van der Waals surface area contributed by atoms with Gasteiger partial charge in [0.15, 0.2) is 5.75 Å². The number of nitrogens with one attached hydrogen (secondary N) is 1. The van der Waals surface area contributed by atoms with Crippen LogP contribution in [0.2, 0.25) is 10.0 Å². The molecule has 0 saturated heterocycles. The van der Waals surface area contributed by atoms with Crippen molar-refractivity contribution in [2.75, 3.05) is 12.4 Å². The largest absolute Gasteiger partial charge is 0.494 e. The van der Waals surface area contributed by atoms with Gasteiger partial charge in [0.1, 0.15) is 0 Å². The molecule has 1 aromatic rings. The van der Waals surface area contributed by atoms with E-state index in [1.54, 1.807) is 12.1 Å². The zero-order valence-electron chi connectivity index (χ0n) is 12.1. The van der Waals surface area contributed by atoms with E-state index in [9.17, 15) is 9.59 Å². The average Bonchev–Trinajstić information content (AvgIpc) is 2.47. The molecule has 22 heavy (non-hydrogen) atoms. The van der Waals surface area contributed by atoms with E-state index in [0.29, 0.717) is 40.7 Å². The van der Waals surface area contributed by atoms with E-state index in [-0.39, 0.29) is 11.8 Å². The molecule has 2 unspecified atom stereocenters. The van der Waals surface area contributed by atoms with Crippen molar-refractivity contribution in [3.05, 3.63) is 22.2 Å². The first kappa shape index (κ1) is 16.9. The molecule has 120 valence electrons. The number of ether oxygens (including phenoxy) is 1. The van der Waals surface area contributed by atoms with Gasteiger partial charge in [-0.15, -0.1) is 0 Å². The minimum absolute atomic E-state index is 0.205. The number of carboxylic acids is 1. The summed E-state index contributed by atoms with van der Waals surface area (Å²) < 4.78 is 5.05. The molecule has 0 radical (unpaired) electrons. The molecule has 1 aliphatic carbocycles. The fraction of sp³-hybridized carbons (Fsp3) is 0.467. The molecule has 1 saturated carbocycles. The Hall–Kier alpha value is -1.46. The van der Waals surface area contributed by atoms with Gasteiger partial charge in [0.25, 0.3) is 0 Å². The fourth-order valence-corrected chi connectivity index (χ4v) is 3.36. The van der Waals surface area contributed by atoms with Gasteiger partial charge in [-0.1, -0.05) is 29.6 Å². The van der Waals surface area contributed by atoms with Crippen molar-refractivity contribution in [3.63, 3.8) is 0 Å². The molecule has 1 aliphatic rings. The molecule has 1 amide bonds. The van der Waals surface area contributed by atoms with E-state index >= 15 is 0 Å². The standard InChI is InChI=1S/C15H17Cl2NO4/c1-22-13-11(16)6-10(7-12(13)17)18-14(19)8-3-2-4-9(5-8)15(20)21/h6-9H,2-5H2,1H3,(H,18,19)(H,20,21). The van der Waals surface area contributed by atoms with Crippen molar-refractivity contribution in [2.24, 2.45) is 11.8 Å². The summed E-state index contributed by atoms with van der Waals surface area (Å²) in [5.74, 6) is -1.46. The van der Waals surface area contributed by atoms with E-state index in [1.165, 1.54) is 7.11 Å². The summed E-state index contributed by atoms with van der Waals surface area (Å²) in [5.41, 5.74) is 0.471. The number of hydrogen-bond donors (Lipinski definition) is 2. The molecule has 1 aromatic carbocycles. The van der Waals surface area contributed by atoms with Crippen LogP contribution in [0.3, 0.4) is 0 Å². The van der Waals surface area contributed by atoms with Gasteiger partial charge in [-0.3, -0.25) is 9.59 Å². The topological polar surface area (TPSA) is 75.6 Å². The number of rotatable bonds is 4. The van der Waals surface area contributed by atoms with Crippen molar-refractivity contribution in [1.82, 2.24) is 0 Å². The molecule has 7 heteroatoms. The van der Waals surface area contributed by atoms with Gasteiger partial charge < -0.3 is 15.2 Å². The smallest absolute Gasteiger partial charge is 0.306 e. The maximum atomic E-state index is 12.3. The Bertz CT molecular complexity index is 568. The van der Waals surface area contributed by atoms with Gasteiger partial charge in [-0.2, -0.15) is 0 Å². The van der Waals surface area contributed by atoms with Crippen LogP contribution in [0.1, 0.15) is 25.7 Å². The highest BCUT2D eigenvalue weighted by Crippen LogP contribution is 2.36. The van der Waals surface area contributed by atoms with E-state index < -0.39 is 11.9 Å². The lowest BCUT2D eigenvalue weighted by Gasteiger charge is -2.25. The number of methoxy groups -OCH3 is 1. The molecular weight excluding hydrogens is 329 g/mol. The number of halogens is 2. The quantitative estimate of drug-likeness (QED) is 0.869. The normalized spacial score (nSPS) is 21.2. The molecule has 0 aromatic heterocycles. The van der Waals surface area contributed by atoms with Crippen LogP contribution in [0, 0.1) is 11.8 Å². The van der Waals surface area contributed by atoms with Crippen molar-refractivity contribution in [1.29, 1.82) is 0 Å². The number of carboxylic acid groups (broad SMARTS) is 1. The molecular formula is C15H17Cl2NO4. The highest BCUT2D eigenvalue weighted by atomic mass is 35.5. The molecule has 2 N–H and O–H groups in total. The number of carbonyl (C=O) groups is 2. The van der Waals surface area contributed by atoms with Crippen LogP contribution < -0.4 is 10.1 Å². The second kappa shape index (κ2) is 7.20. The van der Waals surface area contributed by atoms with Crippen molar-refractivity contribution >= 4 is 40.8 Å². The van der Waals surface area contributed by atoms with Crippen LogP contribution in [0.5, 0.6) is 5.75 Å². The maximum Gasteiger partial charge on any atom is 0.306 e. The predicted octanol–water partition coefficient (Wildman–Crippen LogP) is 3.83. The van der Waals surface area contributed by atoms with Crippen molar-refractivity contribution in [3.8, 4) is 5.75 Å². The zero-order valence-corrected chi connectivity index (χ0v) is 13.6. The SMILES string of the molecule is COc1c(Cl)cc(NC(=O)C2CCCC(C(=O)O)C2)cc1Cl. The van der Waals surface area contributed by atoms with Crippen LogP contribution in [-0.2, 0) is 9.59 Å². The number of aliphatic carboxylic acids is 1. The van der Waals surface area contributed by atoms with Crippen LogP contribution in [0.4, 0.5) is 5.69 Å². The third kappa shape index (κ3) is 3.84. The monoisotopic (exact) mass is 345 g/mol. The summed E-state index contributed by atoms with van der Waals surface area (Å²) in [6.45, 7) is 0. The number of hydrogen-bond acceptors (Lipinski definition) is 3. The van der Waals surface area contributed by atoms with Gasteiger partial charge in [0, 0.05) is 11.6 Å². The minimum Gasteiger partial charge on any atom is -0.494 e. The van der Waals surface area contributed by atoms with Crippen molar-refractivity contribution in [2.45, 2.75) is 25.7 Å². The first-order valence-electron chi connectivity index (χ1n) is 6.99. The lowest BCUT2D eigenvalue weighted by atomic mass is 9.81. The molecule has 0 heterocycles. The van der Waals surface area contributed by atoms with Gasteiger partial charge in [0.05, 0.1) is 23.1 Å². The van der Waals surface area contributed by atoms with Gasteiger partial charge in [0.2, 0.25) is 5.91 Å². The predicted molar refractivity (Wildman–Crippen MR) is 84.7 cm³/mol. The van der Waals surface area contributed by atoms with Crippen LogP contribution >= 0.6 is 23.2 Å². The first-order valence-corrected chi connectivity index (χ1v) is 7.74. The average molecular weight is 346 g/mol. The maximum absolute atomic E-state index is 12.3. The highest BCUT2D eigenvalue weighted by molar-refractivity contribution is 6.37. The molecule has 0 aliphatic heterocycles. The first-order chi connectivity index (χ1) is 10.4. The van der Waals surface area contributed by atoms with E-state index in [4.69, 9.17) is 33.0 Å². The summed E-state index contributed by atoms with van der Waals surface area (Å²) >= 11 is 12.1. The lowest BCUT2D eigenvalue weighted by Crippen LogP contribution is -2.30. The second-order valence-electron chi connectivity index (χ2n) is 5.36. The number of anilines is 1. The Kier molecular flexibility index (Phi) is 5.53. The molecule has 0 bridgehead atoms. The third-order valence-corrected chi connectivity index (χ3v) is 4.43. The lowest BCUT2D eigenvalue weighted by molar-refractivity contribution is -0.143. The van der Waals surface area contributed by atoms with Crippen molar-refractivity contribution < 1.29 is 19.4 Å². The molecule has 0 spiro atoms. The minimum atomic E-state index is -0.840. The van der Waals surface area contributed by atoms with E-state index in [2.05, 4.69) is 5.32 Å². The van der Waals surface area contributed by atoms with Gasteiger partial charge >= 0.3 is 5.97 Å². The molecule has 2 rings (SSSR count). The Balaban J connectivity index is 2.07. The highest BCUT2D eigenvalue weighted by Gasteiger charge is 2.31. The summed E-state index contributed by atoms with van der Waals surface area (Å²) in [6.07, 6.45) is 2.41. The summed E-state index contributed by atoms with van der Waals surface area (Å²) in [6, 6.07) is 3.11. The molecule has 2 atom stereocenters. The number of benzene rings is 1. The van der Waals surface area contributed by atoms with Gasteiger partial charge in [-0.25, -0.2) is 0 Å². The van der Waals surface area contributed by atoms with E-state index in [1.807, 2.05) is 0 Å². The summed E-state index contributed by atoms with van der Waals surface area (Å²) in [7, 11) is 1.46. The second-order valence-corrected chi connectivity index (χ2v) is 6.18. The Labute approximate surface area is 138 Å². The zero-order chi connectivity index (χ0) is 16.3. The van der Waals surface area contributed by atoms with Gasteiger partial charge in [-0.05, 0) is 31.4 Å². The van der Waals surface area contributed by atoms with Crippen LogP contribution in [0.25, 0.3) is 0 Å². The Morgan fingerprint density at radius 3 is 2.36 bits per heavy atom. The fourth-order valence-electron chi connectivity index (χ4n) is 2.72. The Morgan fingerprint density at radius 2 is 1.82 bits per heavy atom. The number of carbonyl (C=O) groups excluding carboxylic acids is 1. The van der Waals surface area contributed by atoms with Crippen LogP contribution in [0.15, 0.2) is 12.1 Å². The number of amides is 1. The van der Waals surface area contributed by atoms with E-state index in [0.717, 1.165) is 6.42 Å². The summed E-state index contributed by atoms with van der Waals surface area (Å²) in [5, 5.41) is 12.4. The molecule has 5 nitrogen and oxygen atoms in total. The van der Waals surface area contributed by atoms with Crippen LogP contribution in [-0.4, -0.2) is 24.1 Å². The third-order valence-electron chi connectivity index (χ3n) is 3.86. The molecule has 1 fully saturated rings. The summed E-state index contributed by atoms with van der Waals surface area (Å²) in [4.78, 5) is 23.4. The Morgan fingerprint density at radius 1 is 1.23 bits per heavy atom.